The summed E-state index contributed by atoms with van der Waals surface area (Å²) in [5.41, 5.74) is 0.684. The molecule has 2 rings (SSSR count). The molecule has 2 amide bonds. The van der Waals surface area contributed by atoms with Gasteiger partial charge in [-0.3, -0.25) is 9.59 Å². The maximum absolute atomic E-state index is 12.4. The van der Waals surface area contributed by atoms with E-state index in [2.05, 4.69) is 6.92 Å². The molecule has 102 valence electrons. The number of nitrogens with one attached hydrogen (secondary N) is 1. The average Bonchev–Trinajstić information content (AvgIpc) is 2.72. The predicted molar refractivity (Wildman–Crippen MR) is 74.0 cm³/mol. The number of anilines is 1. The van der Waals surface area contributed by atoms with E-state index in [-0.39, 0.29) is 17.9 Å². The topological polar surface area (TPSA) is 41.8 Å². The number of benzene rings is 1. The summed E-state index contributed by atoms with van der Waals surface area (Å²) in [5, 5.41) is 0. The smallest absolute Gasteiger partial charge is 0.292 e. The van der Waals surface area contributed by atoms with Gasteiger partial charge in [-0.25, -0.2) is 4.90 Å². The van der Waals surface area contributed by atoms with Crippen LogP contribution in [0, 0.1) is 0 Å². The number of unbranched alkanes of at least 4 members (excludes halogenated alkanes) is 1. The van der Waals surface area contributed by atoms with Crippen LogP contribution in [-0.2, 0) is 9.59 Å². The molecule has 2 atom stereocenters. The van der Waals surface area contributed by atoms with Crippen molar-refractivity contribution in [2.75, 3.05) is 18.5 Å². The number of carbonyl (C=O) groups is 2. The van der Waals surface area contributed by atoms with Gasteiger partial charge in [-0.15, -0.1) is 0 Å². The second-order valence-electron chi connectivity index (χ2n) is 5.11. The highest BCUT2D eigenvalue weighted by Gasteiger charge is 2.44. The van der Waals surface area contributed by atoms with E-state index >= 15 is 0 Å². The minimum atomic E-state index is -0.223. The average molecular weight is 261 g/mol. The normalized spacial score (nSPS) is 20.9. The molecule has 0 aliphatic carbocycles. The lowest BCUT2D eigenvalue weighted by atomic mass is 10.2. The van der Waals surface area contributed by atoms with Crippen LogP contribution in [-0.4, -0.2) is 31.4 Å². The van der Waals surface area contributed by atoms with E-state index in [4.69, 9.17) is 0 Å². The fraction of sp³-hybridized carbons (Fsp3) is 0.467. The highest BCUT2D eigenvalue weighted by atomic mass is 16.2. The first-order chi connectivity index (χ1) is 9.15. The molecule has 0 bridgehead atoms. The third-order valence-electron chi connectivity index (χ3n) is 3.68. The van der Waals surface area contributed by atoms with Crippen LogP contribution in [0.3, 0.4) is 0 Å². The number of hydrogen-bond acceptors (Lipinski definition) is 2. The van der Waals surface area contributed by atoms with Crippen molar-refractivity contribution in [2.45, 2.75) is 32.2 Å². The number of likely N-dealkylation sites (N-methyl/N-ethyl adjacent to an activating group) is 1. The van der Waals surface area contributed by atoms with Crippen molar-refractivity contribution in [3.63, 3.8) is 0 Å². The van der Waals surface area contributed by atoms with Crippen LogP contribution in [0.4, 0.5) is 5.69 Å². The standard InChI is InChI=1S/C15H20N2O2/c1-3-4-10-16(2)13-11-14(18)17(15(13)19)12-8-6-5-7-9-12/h5-9,13H,3-4,10-11H2,1-2H3/p+1/t13-/m0/s1. The van der Waals surface area contributed by atoms with E-state index in [0.29, 0.717) is 12.1 Å². The molecule has 1 heterocycles. The quantitative estimate of drug-likeness (QED) is 0.790. The SMILES string of the molecule is CCCC[NH+](C)[C@H]1CC(=O)N(c2ccccc2)C1=O. The van der Waals surface area contributed by atoms with Crippen molar-refractivity contribution in [1.82, 2.24) is 0 Å². The molecule has 19 heavy (non-hydrogen) atoms. The molecule has 1 aliphatic heterocycles. The molecular formula is C15H21N2O2+. The molecule has 1 aromatic carbocycles. The number of para-hydroxylation sites is 1. The molecule has 1 saturated heterocycles. The largest absolute Gasteiger partial charge is 0.327 e. The summed E-state index contributed by atoms with van der Waals surface area (Å²) in [7, 11) is 2.00. The Morgan fingerprint density at radius 1 is 1.26 bits per heavy atom. The zero-order valence-corrected chi connectivity index (χ0v) is 11.6. The van der Waals surface area contributed by atoms with Gasteiger partial charge < -0.3 is 4.90 Å². The fourth-order valence-corrected chi connectivity index (χ4v) is 2.50. The first-order valence-corrected chi connectivity index (χ1v) is 6.89. The van der Waals surface area contributed by atoms with Gasteiger partial charge in [-0.05, 0) is 18.6 Å². The molecule has 1 fully saturated rings. The van der Waals surface area contributed by atoms with E-state index in [9.17, 15) is 9.59 Å². The van der Waals surface area contributed by atoms with E-state index in [1.165, 1.54) is 4.90 Å². The van der Waals surface area contributed by atoms with Crippen LogP contribution in [0.1, 0.15) is 26.2 Å². The van der Waals surface area contributed by atoms with E-state index in [0.717, 1.165) is 24.3 Å². The van der Waals surface area contributed by atoms with Crippen LogP contribution >= 0.6 is 0 Å². The molecule has 0 spiro atoms. The number of amides is 2. The lowest BCUT2D eigenvalue weighted by Gasteiger charge is -2.19. The van der Waals surface area contributed by atoms with Crippen LogP contribution in [0.5, 0.6) is 0 Å². The number of carbonyl (C=O) groups excluding carboxylic acids is 2. The zero-order chi connectivity index (χ0) is 13.8. The van der Waals surface area contributed by atoms with Gasteiger partial charge in [-0.2, -0.15) is 0 Å². The Morgan fingerprint density at radius 3 is 2.58 bits per heavy atom. The van der Waals surface area contributed by atoms with Gasteiger partial charge in [0.2, 0.25) is 5.91 Å². The number of nitrogens with zero attached hydrogens (tertiary/aromatic N) is 1. The number of hydrogen-bond donors (Lipinski definition) is 1. The number of rotatable bonds is 5. The lowest BCUT2D eigenvalue weighted by molar-refractivity contribution is -0.895. The predicted octanol–water partition coefficient (Wildman–Crippen LogP) is 0.633. The van der Waals surface area contributed by atoms with Gasteiger partial charge in [0, 0.05) is 0 Å². The van der Waals surface area contributed by atoms with E-state index in [1.54, 1.807) is 12.1 Å². The lowest BCUT2D eigenvalue weighted by Crippen LogP contribution is -3.14. The molecule has 0 radical (unpaired) electrons. The molecule has 0 aromatic heterocycles. The summed E-state index contributed by atoms with van der Waals surface area (Å²) in [5.74, 6) is -0.151. The minimum Gasteiger partial charge on any atom is -0.327 e. The number of imide groups is 1. The summed E-state index contributed by atoms with van der Waals surface area (Å²) >= 11 is 0. The van der Waals surface area contributed by atoms with Crippen molar-refractivity contribution in [3.8, 4) is 0 Å². The Hall–Kier alpha value is -1.68. The fourth-order valence-electron chi connectivity index (χ4n) is 2.50. The van der Waals surface area contributed by atoms with Gasteiger partial charge in [0.05, 0.1) is 25.7 Å². The summed E-state index contributed by atoms with van der Waals surface area (Å²) in [6.07, 6.45) is 2.51. The molecular weight excluding hydrogens is 240 g/mol. The van der Waals surface area contributed by atoms with Gasteiger partial charge in [-0.1, -0.05) is 31.5 Å². The number of quaternary nitrogens is 1. The molecule has 1 aliphatic rings. The third-order valence-corrected chi connectivity index (χ3v) is 3.68. The van der Waals surface area contributed by atoms with Crippen LogP contribution in [0.15, 0.2) is 30.3 Å². The monoisotopic (exact) mass is 261 g/mol. The molecule has 1 unspecified atom stereocenters. The molecule has 1 N–H and O–H groups in total. The molecule has 1 aromatic rings. The molecule has 4 heteroatoms. The Morgan fingerprint density at radius 2 is 1.95 bits per heavy atom. The van der Waals surface area contributed by atoms with Crippen LogP contribution in [0.2, 0.25) is 0 Å². The van der Waals surface area contributed by atoms with Crippen molar-refractivity contribution in [2.24, 2.45) is 0 Å². The van der Waals surface area contributed by atoms with Gasteiger partial charge in [0.1, 0.15) is 0 Å². The Kier molecular flexibility index (Phi) is 4.32. The van der Waals surface area contributed by atoms with E-state index < -0.39 is 0 Å². The van der Waals surface area contributed by atoms with Crippen molar-refractivity contribution in [1.29, 1.82) is 0 Å². The molecule has 0 saturated carbocycles. The van der Waals surface area contributed by atoms with Crippen LogP contribution < -0.4 is 9.80 Å². The van der Waals surface area contributed by atoms with Gasteiger partial charge in [0.15, 0.2) is 6.04 Å². The summed E-state index contributed by atoms with van der Waals surface area (Å²) in [4.78, 5) is 26.9. The van der Waals surface area contributed by atoms with Crippen molar-refractivity contribution >= 4 is 17.5 Å². The second-order valence-corrected chi connectivity index (χ2v) is 5.11. The first kappa shape index (κ1) is 13.7. The summed E-state index contributed by atoms with van der Waals surface area (Å²) < 4.78 is 0. The highest BCUT2D eigenvalue weighted by Crippen LogP contribution is 2.21. The van der Waals surface area contributed by atoms with Gasteiger partial charge in [0.25, 0.3) is 5.91 Å². The second kappa shape index (κ2) is 5.97. The van der Waals surface area contributed by atoms with Gasteiger partial charge >= 0.3 is 0 Å². The van der Waals surface area contributed by atoms with Crippen molar-refractivity contribution < 1.29 is 14.5 Å². The minimum absolute atomic E-state index is 0.0650. The highest BCUT2D eigenvalue weighted by molar-refractivity contribution is 6.21. The van der Waals surface area contributed by atoms with E-state index in [1.807, 2.05) is 25.2 Å². The maximum Gasteiger partial charge on any atom is 0.292 e. The Balaban J connectivity index is 2.13. The maximum atomic E-state index is 12.4. The Labute approximate surface area is 114 Å². The Bertz CT molecular complexity index is 458. The summed E-state index contributed by atoms with van der Waals surface area (Å²) in [6, 6.07) is 8.96. The third kappa shape index (κ3) is 2.84. The molecule has 4 nitrogen and oxygen atoms in total. The van der Waals surface area contributed by atoms with Crippen LogP contribution in [0.25, 0.3) is 0 Å². The summed E-state index contributed by atoms with van der Waals surface area (Å²) in [6.45, 7) is 3.06. The van der Waals surface area contributed by atoms with Crippen molar-refractivity contribution in [3.05, 3.63) is 30.3 Å². The zero-order valence-electron chi connectivity index (χ0n) is 11.6. The first-order valence-electron chi connectivity index (χ1n) is 6.89.